The van der Waals surface area contributed by atoms with Crippen molar-refractivity contribution in [1.29, 1.82) is 0 Å². The molecule has 1 fully saturated rings. The van der Waals surface area contributed by atoms with Crippen LogP contribution >= 0.6 is 0 Å². The van der Waals surface area contributed by atoms with Crippen LogP contribution in [-0.2, 0) is 0 Å². The molecular weight excluding hydrogens is 272 g/mol. The Labute approximate surface area is 122 Å². The summed E-state index contributed by atoms with van der Waals surface area (Å²) in [6.07, 6.45) is 1.01. The Hall–Kier alpha value is -2.24. The minimum Gasteiger partial charge on any atom is -0.489 e. The number of likely N-dealkylation sites (tertiary alicyclic amines) is 1. The number of hydrogen-bond donors (Lipinski definition) is 1. The predicted molar refractivity (Wildman–Crippen MR) is 77.0 cm³/mol. The highest BCUT2D eigenvalue weighted by molar-refractivity contribution is 5.99. The van der Waals surface area contributed by atoms with Gasteiger partial charge in [-0.25, -0.2) is 9.59 Å². The Bertz CT molecular complexity index is 587. The lowest BCUT2D eigenvalue weighted by Gasteiger charge is -2.33. The molecule has 112 valence electrons. The lowest BCUT2D eigenvalue weighted by atomic mass is 10.1. The van der Waals surface area contributed by atoms with Gasteiger partial charge < -0.3 is 14.7 Å². The SMILES string of the molecule is CC1CCN(C(=O)N2CCOc3c(C(=O)O)cccc32)C1. The van der Waals surface area contributed by atoms with E-state index in [1.807, 2.05) is 4.90 Å². The van der Waals surface area contributed by atoms with Crippen LogP contribution in [0.5, 0.6) is 5.75 Å². The van der Waals surface area contributed by atoms with Gasteiger partial charge in [0.05, 0.1) is 12.2 Å². The molecule has 0 saturated carbocycles. The molecular formula is C15H18N2O4. The van der Waals surface area contributed by atoms with Gasteiger partial charge in [0.15, 0.2) is 5.75 Å². The number of para-hydroxylation sites is 1. The number of urea groups is 1. The highest BCUT2D eigenvalue weighted by atomic mass is 16.5. The van der Waals surface area contributed by atoms with Gasteiger partial charge in [-0.3, -0.25) is 4.90 Å². The van der Waals surface area contributed by atoms with Crippen LogP contribution in [0.3, 0.4) is 0 Å². The van der Waals surface area contributed by atoms with Crippen molar-refractivity contribution in [2.45, 2.75) is 13.3 Å². The average Bonchev–Trinajstić information content (AvgIpc) is 2.91. The number of aromatic carboxylic acids is 1. The average molecular weight is 290 g/mol. The predicted octanol–water partition coefficient (Wildman–Crippen LogP) is 2.05. The van der Waals surface area contributed by atoms with E-state index in [0.29, 0.717) is 24.8 Å². The fourth-order valence-corrected chi connectivity index (χ4v) is 2.90. The molecule has 0 aliphatic carbocycles. The summed E-state index contributed by atoms with van der Waals surface area (Å²) in [4.78, 5) is 27.3. The second kappa shape index (κ2) is 5.27. The maximum Gasteiger partial charge on any atom is 0.339 e. The van der Waals surface area contributed by atoms with Gasteiger partial charge in [-0.15, -0.1) is 0 Å². The van der Waals surface area contributed by atoms with E-state index in [1.165, 1.54) is 6.07 Å². The molecule has 6 nitrogen and oxygen atoms in total. The Kier molecular flexibility index (Phi) is 3.45. The number of nitrogens with zero attached hydrogens (tertiary/aromatic N) is 2. The number of hydrogen-bond acceptors (Lipinski definition) is 3. The number of carbonyl (C=O) groups is 2. The van der Waals surface area contributed by atoms with E-state index in [9.17, 15) is 14.7 Å². The molecule has 1 aromatic carbocycles. The summed E-state index contributed by atoms with van der Waals surface area (Å²) in [6, 6.07) is 4.81. The molecule has 0 aromatic heterocycles. The Morgan fingerprint density at radius 2 is 2.14 bits per heavy atom. The van der Waals surface area contributed by atoms with Crippen LogP contribution in [0.4, 0.5) is 10.5 Å². The van der Waals surface area contributed by atoms with Gasteiger partial charge in [0.25, 0.3) is 0 Å². The number of fused-ring (bicyclic) bond motifs is 1. The van der Waals surface area contributed by atoms with Gasteiger partial charge in [-0.2, -0.15) is 0 Å². The van der Waals surface area contributed by atoms with Crippen molar-refractivity contribution in [2.24, 2.45) is 5.92 Å². The van der Waals surface area contributed by atoms with Crippen LogP contribution in [0.25, 0.3) is 0 Å². The van der Waals surface area contributed by atoms with E-state index in [1.54, 1.807) is 17.0 Å². The Balaban J connectivity index is 1.92. The number of ether oxygens (including phenoxy) is 1. The van der Waals surface area contributed by atoms with E-state index in [0.717, 1.165) is 19.5 Å². The molecule has 1 unspecified atom stereocenters. The molecule has 2 heterocycles. The van der Waals surface area contributed by atoms with Gasteiger partial charge in [0, 0.05) is 13.1 Å². The van der Waals surface area contributed by atoms with Crippen LogP contribution in [0, 0.1) is 5.92 Å². The lowest BCUT2D eigenvalue weighted by molar-refractivity contribution is 0.0691. The Morgan fingerprint density at radius 3 is 2.81 bits per heavy atom. The number of anilines is 1. The topological polar surface area (TPSA) is 70.1 Å². The van der Waals surface area contributed by atoms with Gasteiger partial charge in [0.2, 0.25) is 0 Å². The van der Waals surface area contributed by atoms with E-state index in [2.05, 4.69) is 6.92 Å². The first kappa shape index (κ1) is 13.7. The summed E-state index contributed by atoms with van der Waals surface area (Å²) in [7, 11) is 0. The number of carbonyl (C=O) groups excluding carboxylic acids is 1. The molecule has 1 saturated heterocycles. The largest absolute Gasteiger partial charge is 0.489 e. The molecule has 1 atom stereocenters. The smallest absolute Gasteiger partial charge is 0.339 e. The first-order chi connectivity index (χ1) is 10.1. The van der Waals surface area contributed by atoms with E-state index < -0.39 is 5.97 Å². The summed E-state index contributed by atoms with van der Waals surface area (Å²) in [5.74, 6) is -0.243. The number of carboxylic acids is 1. The molecule has 1 N–H and O–H groups in total. The molecule has 2 aliphatic rings. The molecule has 21 heavy (non-hydrogen) atoms. The maximum absolute atomic E-state index is 12.6. The van der Waals surface area contributed by atoms with Crippen LogP contribution in [0.2, 0.25) is 0 Å². The first-order valence-electron chi connectivity index (χ1n) is 7.13. The fraction of sp³-hybridized carbons (Fsp3) is 0.467. The molecule has 3 rings (SSSR count). The van der Waals surface area contributed by atoms with Crippen molar-refractivity contribution in [3.05, 3.63) is 23.8 Å². The zero-order valence-corrected chi connectivity index (χ0v) is 11.9. The van der Waals surface area contributed by atoms with Crippen molar-refractivity contribution in [2.75, 3.05) is 31.1 Å². The second-order valence-corrected chi connectivity index (χ2v) is 5.58. The fourth-order valence-electron chi connectivity index (χ4n) is 2.90. The minimum absolute atomic E-state index is 0.0635. The summed E-state index contributed by atoms with van der Waals surface area (Å²) in [5.41, 5.74) is 0.644. The van der Waals surface area contributed by atoms with Gasteiger partial charge in [-0.1, -0.05) is 13.0 Å². The van der Waals surface area contributed by atoms with Crippen molar-refractivity contribution < 1.29 is 19.4 Å². The van der Waals surface area contributed by atoms with Crippen molar-refractivity contribution in [3.8, 4) is 5.75 Å². The lowest BCUT2D eigenvalue weighted by Crippen LogP contribution is -2.46. The van der Waals surface area contributed by atoms with Crippen LogP contribution in [0.1, 0.15) is 23.7 Å². The van der Waals surface area contributed by atoms with Crippen LogP contribution < -0.4 is 9.64 Å². The van der Waals surface area contributed by atoms with E-state index >= 15 is 0 Å². The number of rotatable bonds is 1. The molecule has 0 radical (unpaired) electrons. The quantitative estimate of drug-likeness (QED) is 0.859. The zero-order chi connectivity index (χ0) is 15.0. The molecule has 0 spiro atoms. The summed E-state index contributed by atoms with van der Waals surface area (Å²) < 4.78 is 5.49. The minimum atomic E-state index is -1.05. The number of benzene rings is 1. The van der Waals surface area contributed by atoms with Gasteiger partial charge in [0.1, 0.15) is 12.2 Å². The third-order valence-electron chi connectivity index (χ3n) is 4.00. The van der Waals surface area contributed by atoms with E-state index in [-0.39, 0.29) is 17.3 Å². The maximum atomic E-state index is 12.6. The number of carboxylic acid groups (broad SMARTS) is 1. The monoisotopic (exact) mass is 290 g/mol. The highest BCUT2D eigenvalue weighted by Crippen LogP contribution is 2.36. The molecule has 1 aromatic rings. The highest BCUT2D eigenvalue weighted by Gasteiger charge is 2.32. The first-order valence-corrected chi connectivity index (χ1v) is 7.13. The van der Waals surface area contributed by atoms with Crippen molar-refractivity contribution >= 4 is 17.7 Å². The van der Waals surface area contributed by atoms with Crippen LogP contribution in [0.15, 0.2) is 18.2 Å². The third kappa shape index (κ3) is 2.41. The molecule has 0 bridgehead atoms. The third-order valence-corrected chi connectivity index (χ3v) is 4.00. The zero-order valence-electron chi connectivity index (χ0n) is 11.9. The summed E-state index contributed by atoms with van der Waals surface area (Å²) >= 11 is 0. The Morgan fingerprint density at radius 1 is 1.33 bits per heavy atom. The molecule has 6 heteroatoms. The van der Waals surface area contributed by atoms with Crippen molar-refractivity contribution in [3.63, 3.8) is 0 Å². The number of amides is 2. The van der Waals surface area contributed by atoms with Crippen LogP contribution in [-0.4, -0.2) is 48.2 Å². The standard InChI is InChI=1S/C15H18N2O4/c1-10-5-6-16(9-10)15(20)17-7-8-21-13-11(14(18)19)3-2-4-12(13)17/h2-4,10H,5-9H2,1H3,(H,18,19). The molecule has 2 amide bonds. The van der Waals surface area contributed by atoms with Crippen molar-refractivity contribution in [1.82, 2.24) is 4.90 Å². The summed E-state index contributed by atoms with van der Waals surface area (Å²) in [6.45, 7) is 4.39. The second-order valence-electron chi connectivity index (χ2n) is 5.58. The van der Waals surface area contributed by atoms with Gasteiger partial charge >= 0.3 is 12.0 Å². The summed E-state index contributed by atoms with van der Waals surface area (Å²) in [5, 5.41) is 9.22. The van der Waals surface area contributed by atoms with Gasteiger partial charge in [-0.05, 0) is 24.5 Å². The normalized spacial score (nSPS) is 20.9. The molecule has 2 aliphatic heterocycles. The van der Waals surface area contributed by atoms with E-state index in [4.69, 9.17) is 4.74 Å².